The summed E-state index contributed by atoms with van der Waals surface area (Å²) in [5.41, 5.74) is 1.65. The van der Waals surface area contributed by atoms with Crippen molar-refractivity contribution in [2.45, 2.75) is 6.92 Å². The van der Waals surface area contributed by atoms with E-state index in [0.29, 0.717) is 41.9 Å². The van der Waals surface area contributed by atoms with Crippen LogP contribution in [-0.2, 0) is 0 Å². The number of methoxy groups -OCH3 is 1. The fourth-order valence-corrected chi connectivity index (χ4v) is 3.02. The van der Waals surface area contributed by atoms with Crippen LogP contribution in [0.15, 0.2) is 59.4 Å². The topological polar surface area (TPSA) is 114 Å². The quantitative estimate of drug-likeness (QED) is 0.373. The van der Waals surface area contributed by atoms with Crippen LogP contribution < -0.4 is 20.7 Å². The Morgan fingerprint density at radius 3 is 2.71 bits per heavy atom. The third-order valence-corrected chi connectivity index (χ3v) is 4.51. The lowest BCUT2D eigenvalue weighted by molar-refractivity contribution is 0.0929. The number of rotatable bonds is 8. The number of aromatic nitrogens is 3. The minimum absolute atomic E-state index is 0.235. The van der Waals surface area contributed by atoms with Crippen LogP contribution in [0.5, 0.6) is 5.75 Å². The normalized spacial score (nSPS) is 10.6. The maximum atomic E-state index is 12.4. The molecule has 3 aromatic heterocycles. The zero-order valence-corrected chi connectivity index (χ0v) is 17.2. The van der Waals surface area contributed by atoms with E-state index in [1.54, 1.807) is 31.5 Å². The smallest absolute Gasteiger partial charge is 0.287 e. The van der Waals surface area contributed by atoms with Crippen LogP contribution in [0.4, 0.5) is 17.5 Å². The fraction of sp³-hybridized carbons (Fsp3) is 0.182. The molecule has 1 aromatic carbocycles. The van der Waals surface area contributed by atoms with Crippen molar-refractivity contribution >= 4 is 34.3 Å². The number of benzene rings is 1. The molecule has 9 heteroatoms. The number of pyridine rings is 1. The lowest BCUT2D eigenvalue weighted by Crippen LogP contribution is -2.28. The first kappa shape index (κ1) is 20.1. The van der Waals surface area contributed by atoms with Crippen molar-refractivity contribution in [2.75, 3.05) is 30.8 Å². The van der Waals surface area contributed by atoms with E-state index in [2.05, 4.69) is 30.9 Å². The Hall–Kier alpha value is -4.14. The van der Waals surface area contributed by atoms with E-state index < -0.39 is 0 Å². The molecule has 0 unspecified atom stereocenters. The van der Waals surface area contributed by atoms with Gasteiger partial charge in [-0.05, 0) is 36.8 Å². The summed E-state index contributed by atoms with van der Waals surface area (Å²) in [6.45, 7) is 2.86. The Morgan fingerprint density at radius 2 is 1.87 bits per heavy atom. The molecule has 3 heterocycles. The number of nitrogens with one attached hydrogen (secondary N) is 3. The minimum Gasteiger partial charge on any atom is -0.493 e. The Balaban J connectivity index is 1.30. The average Bonchev–Trinajstić information content (AvgIpc) is 3.21. The van der Waals surface area contributed by atoms with Gasteiger partial charge in [-0.2, -0.15) is 0 Å². The molecule has 0 saturated heterocycles. The van der Waals surface area contributed by atoms with Crippen LogP contribution in [0.25, 0.3) is 11.0 Å². The van der Waals surface area contributed by atoms with E-state index in [1.807, 2.05) is 31.2 Å². The number of hydrogen-bond acceptors (Lipinski definition) is 8. The van der Waals surface area contributed by atoms with Crippen LogP contribution >= 0.6 is 0 Å². The number of anilines is 3. The van der Waals surface area contributed by atoms with Crippen molar-refractivity contribution in [1.82, 2.24) is 20.3 Å². The molecule has 0 bridgehead atoms. The summed E-state index contributed by atoms with van der Waals surface area (Å²) in [7, 11) is 1.56. The molecule has 31 heavy (non-hydrogen) atoms. The molecule has 0 radical (unpaired) electrons. The number of furan rings is 1. The zero-order valence-electron chi connectivity index (χ0n) is 17.2. The number of aryl methyl sites for hydroxylation is 1. The van der Waals surface area contributed by atoms with Crippen LogP contribution in [0.2, 0.25) is 0 Å². The molecule has 9 nitrogen and oxygen atoms in total. The van der Waals surface area contributed by atoms with Gasteiger partial charge in [0, 0.05) is 30.7 Å². The van der Waals surface area contributed by atoms with Gasteiger partial charge in [-0.1, -0.05) is 12.1 Å². The summed E-state index contributed by atoms with van der Waals surface area (Å²) < 4.78 is 10.9. The van der Waals surface area contributed by atoms with Crippen molar-refractivity contribution in [3.05, 3.63) is 66.3 Å². The summed E-state index contributed by atoms with van der Waals surface area (Å²) in [4.78, 5) is 25.0. The zero-order chi connectivity index (χ0) is 21.6. The van der Waals surface area contributed by atoms with Gasteiger partial charge in [-0.3, -0.25) is 4.79 Å². The summed E-state index contributed by atoms with van der Waals surface area (Å²) in [5, 5.41) is 9.93. The number of carbonyl (C=O) groups is 1. The molecule has 3 N–H and O–H groups in total. The Bertz CT molecular complexity index is 1210. The SMILES string of the molecule is COc1cccc2cc(C(=O)NCCNc3cc(Nc4cc(C)ccn4)ncn3)oc12. The van der Waals surface area contributed by atoms with E-state index in [4.69, 9.17) is 9.15 Å². The van der Waals surface area contributed by atoms with Crippen LogP contribution in [0.3, 0.4) is 0 Å². The van der Waals surface area contributed by atoms with Gasteiger partial charge in [0.15, 0.2) is 17.1 Å². The average molecular weight is 418 g/mol. The monoisotopic (exact) mass is 418 g/mol. The molecule has 0 fully saturated rings. The number of ether oxygens (including phenoxy) is 1. The number of amides is 1. The molecular formula is C22H22N6O3. The van der Waals surface area contributed by atoms with Crippen molar-refractivity contribution in [3.8, 4) is 5.75 Å². The van der Waals surface area contributed by atoms with Gasteiger partial charge in [0.05, 0.1) is 7.11 Å². The van der Waals surface area contributed by atoms with Gasteiger partial charge in [-0.25, -0.2) is 15.0 Å². The number of hydrogen-bond donors (Lipinski definition) is 3. The van der Waals surface area contributed by atoms with Crippen molar-refractivity contribution in [3.63, 3.8) is 0 Å². The molecule has 0 atom stereocenters. The summed E-state index contributed by atoms with van der Waals surface area (Å²) >= 11 is 0. The molecule has 4 rings (SSSR count). The predicted octanol–water partition coefficient (Wildman–Crippen LogP) is 3.52. The highest BCUT2D eigenvalue weighted by atomic mass is 16.5. The molecule has 0 aliphatic carbocycles. The van der Waals surface area contributed by atoms with Crippen molar-refractivity contribution < 1.29 is 13.9 Å². The van der Waals surface area contributed by atoms with Gasteiger partial charge in [0.2, 0.25) is 0 Å². The summed E-state index contributed by atoms with van der Waals surface area (Å²) in [6, 6.07) is 12.8. The van der Waals surface area contributed by atoms with Crippen molar-refractivity contribution in [2.24, 2.45) is 0 Å². The van der Waals surface area contributed by atoms with E-state index in [0.717, 1.165) is 10.9 Å². The second kappa shape index (κ2) is 9.12. The maximum Gasteiger partial charge on any atom is 0.287 e. The first-order chi connectivity index (χ1) is 15.1. The largest absolute Gasteiger partial charge is 0.493 e. The van der Waals surface area contributed by atoms with Crippen molar-refractivity contribution in [1.29, 1.82) is 0 Å². The number of nitrogens with zero attached hydrogens (tertiary/aromatic N) is 3. The second-order valence-corrected chi connectivity index (χ2v) is 6.80. The molecular weight excluding hydrogens is 396 g/mol. The highest BCUT2D eigenvalue weighted by Crippen LogP contribution is 2.28. The number of para-hydroxylation sites is 1. The van der Waals surface area contributed by atoms with Crippen LogP contribution in [0.1, 0.15) is 16.1 Å². The summed E-state index contributed by atoms with van der Waals surface area (Å²) in [5.74, 6) is 2.49. The molecule has 0 aliphatic heterocycles. The van der Waals surface area contributed by atoms with Gasteiger partial charge < -0.3 is 25.1 Å². The predicted molar refractivity (Wildman–Crippen MR) is 118 cm³/mol. The third kappa shape index (κ3) is 4.89. The van der Waals surface area contributed by atoms with Gasteiger partial charge in [0.1, 0.15) is 23.8 Å². The number of fused-ring (bicyclic) bond motifs is 1. The van der Waals surface area contributed by atoms with Gasteiger partial charge in [-0.15, -0.1) is 0 Å². The first-order valence-corrected chi connectivity index (χ1v) is 9.73. The fourth-order valence-electron chi connectivity index (χ4n) is 3.02. The van der Waals surface area contributed by atoms with Crippen LogP contribution in [0, 0.1) is 6.92 Å². The Kier molecular flexibility index (Phi) is 5.93. The third-order valence-electron chi connectivity index (χ3n) is 4.51. The molecule has 0 aliphatic rings. The van der Waals surface area contributed by atoms with Crippen LogP contribution in [-0.4, -0.2) is 41.1 Å². The van der Waals surface area contributed by atoms with Gasteiger partial charge in [0.25, 0.3) is 5.91 Å². The van der Waals surface area contributed by atoms with E-state index in [9.17, 15) is 4.79 Å². The molecule has 0 saturated carbocycles. The highest BCUT2D eigenvalue weighted by Gasteiger charge is 2.14. The number of carbonyl (C=O) groups excluding carboxylic acids is 1. The lowest BCUT2D eigenvalue weighted by Gasteiger charge is -2.09. The molecule has 0 spiro atoms. The molecule has 1 amide bonds. The summed E-state index contributed by atoms with van der Waals surface area (Å²) in [6.07, 6.45) is 3.19. The standard InChI is InChI=1S/C22H22N6O3/c1-14-6-7-23-19(10-14)28-20-12-18(26-13-27-20)24-8-9-25-22(29)17-11-15-4-3-5-16(30-2)21(15)31-17/h3-7,10-13H,8-9H2,1-2H3,(H,25,29)(H2,23,24,26,27,28). The highest BCUT2D eigenvalue weighted by molar-refractivity contribution is 5.97. The van der Waals surface area contributed by atoms with E-state index in [-0.39, 0.29) is 11.7 Å². The first-order valence-electron chi connectivity index (χ1n) is 9.73. The second-order valence-electron chi connectivity index (χ2n) is 6.80. The lowest BCUT2D eigenvalue weighted by atomic mass is 10.2. The maximum absolute atomic E-state index is 12.4. The Labute approximate surface area is 178 Å². The van der Waals surface area contributed by atoms with Gasteiger partial charge >= 0.3 is 0 Å². The Morgan fingerprint density at radius 1 is 1.03 bits per heavy atom. The minimum atomic E-state index is -0.296. The molecule has 4 aromatic rings. The molecule has 158 valence electrons. The van der Waals surface area contributed by atoms with E-state index in [1.165, 1.54) is 6.33 Å². The van der Waals surface area contributed by atoms with E-state index >= 15 is 0 Å².